The van der Waals surface area contributed by atoms with E-state index < -0.39 is 11.7 Å². The number of thiol groups is 1. The number of thiazole rings is 1. The molecular weight excluding hydrogens is 591 g/mol. The lowest BCUT2D eigenvalue weighted by molar-refractivity contribution is 0.0503. The number of hydrogen-bond donors (Lipinski definition) is 3. The van der Waals surface area contributed by atoms with E-state index in [1.54, 1.807) is 43.8 Å². The van der Waals surface area contributed by atoms with Gasteiger partial charge in [0.15, 0.2) is 0 Å². The Morgan fingerprint density at radius 2 is 1.52 bits per heavy atom. The van der Waals surface area contributed by atoms with Gasteiger partial charge in [0, 0.05) is 10.6 Å². The van der Waals surface area contributed by atoms with Gasteiger partial charge in [0.1, 0.15) is 22.1 Å². The van der Waals surface area contributed by atoms with Gasteiger partial charge < -0.3 is 25.3 Å². The number of aromatic nitrogens is 1. The number of carbonyl (C=O) groups is 1. The van der Waals surface area contributed by atoms with E-state index >= 15 is 0 Å². The molecular formula is C35H53N3O4S2. The van der Waals surface area contributed by atoms with Gasteiger partial charge in [0.05, 0.1) is 30.5 Å². The van der Waals surface area contributed by atoms with Gasteiger partial charge in [-0.15, -0.1) is 24.0 Å². The molecule has 1 unspecified atom stereocenters. The zero-order chi connectivity index (χ0) is 33.9. The first kappa shape index (κ1) is 40.6. The van der Waals surface area contributed by atoms with E-state index in [0.29, 0.717) is 12.1 Å². The van der Waals surface area contributed by atoms with Crippen molar-refractivity contribution in [1.82, 2.24) is 10.3 Å². The van der Waals surface area contributed by atoms with E-state index in [2.05, 4.69) is 43.1 Å². The molecule has 1 amide bonds. The Morgan fingerprint density at radius 1 is 0.932 bits per heavy atom. The molecule has 1 aromatic heterocycles. The molecule has 0 aliphatic rings. The average molecular weight is 644 g/mol. The summed E-state index contributed by atoms with van der Waals surface area (Å²) < 4.78 is 16.7. The quantitative estimate of drug-likeness (QED) is 0.143. The van der Waals surface area contributed by atoms with Gasteiger partial charge in [-0.3, -0.25) is 0 Å². The third-order valence-corrected chi connectivity index (χ3v) is 6.88. The number of nitrogens with zero attached hydrogens (tertiary/aromatic N) is 1. The molecule has 0 saturated carbocycles. The van der Waals surface area contributed by atoms with Gasteiger partial charge in [-0.05, 0) is 76.1 Å². The lowest BCUT2D eigenvalue weighted by Crippen LogP contribution is -2.35. The smallest absolute Gasteiger partial charge is 0.408 e. The summed E-state index contributed by atoms with van der Waals surface area (Å²) >= 11 is 5.67. The summed E-state index contributed by atoms with van der Waals surface area (Å²) in [6.45, 7) is 19.6. The number of fused-ring (bicyclic) bond motifs is 1. The second kappa shape index (κ2) is 21.3. The second-order valence-corrected chi connectivity index (χ2v) is 11.2. The minimum atomic E-state index is -0.557. The fourth-order valence-electron chi connectivity index (χ4n) is 3.57. The van der Waals surface area contributed by atoms with Crippen molar-refractivity contribution in [2.24, 2.45) is 0 Å². The number of anilines is 1. The molecule has 3 aromatic carbocycles. The Hall–Kier alpha value is -3.43. The topological polar surface area (TPSA) is 95.7 Å². The van der Waals surface area contributed by atoms with Crippen LogP contribution < -0.4 is 20.5 Å². The number of nitrogens with two attached hydrogens (primary N) is 1. The minimum Gasteiger partial charge on any atom is -0.497 e. The standard InChI is InChI=1S/C22H26N2O3S.C7H9NOS.3C2H6/c1-14-7-6-8-15(11-14)12-18(24-21(25)27-22(2,3)4)20-23-17-10-9-16(26-5)13-19(17)28-20;1-9-5-2-3-6(8)7(10)4-5;3*1-2/h6-11,13,18H,12H2,1-5H3,(H,24,25);2-4,10H,8H2,1H3;3*1-2H3. The van der Waals surface area contributed by atoms with Crippen molar-refractivity contribution in [3.05, 3.63) is 76.8 Å². The molecule has 4 rings (SSSR count). The number of benzene rings is 3. The van der Waals surface area contributed by atoms with E-state index in [-0.39, 0.29) is 6.04 Å². The summed E-state index contributed by atoms with van der Waals surface area (Å²) in [4.78, 5) is 17.9. The number of alkyl carbamates (subject to hydrolysis) is 1. The lowest BCUT2D eigenvalue weighted by Gasteiger charge is -2.23. The molecule has 0 radical (unpaired) electrons. The van der Waals surface area contributed by atoms with Crippen molar-refractivity contribution in [3.63, 3.8) is 0 Å². The predicted octanol–water partition coefficient (Wildman–Crippen LogP) is 10.1. The van der Waals surface area contributed by atoms with Crippen LogP contribution in [0.2, 0.25) is 0 Å². The summed E-state index contributed by atoms with van der Waals surface area (Å²) in [5.41, 5.74) is 8.84. The van der Waals surface area contributed by atoms with Crippen LogP contribution in [0.5, 0.6) is 11.5 Å². The Bertz CT molecular complexity index is 1380. The molecule has 244 valence electrons. The van der Waals surface area contributed by atoms with Crippen molar-refractivity contribution < 1.29 is 19.0 Å². The van der Waals surface area contributed by atoms with Crippen LogP contribution >= 0.6 is 24.0 Å². The second-order valence-electron chi connectivity index (χ2n) is 9.70. The van der Waals surface area contributed by atoms with E-state index in [4.69, 9.17) is 24.9 Å². The van der Waals surface area contributed by atoms with Crippen LogP contribution in [0.1, 0.15) is 84.5 Å². The number of ether oxygens (including phenoxy) is 3. The maximum absolute atomic E-state index is 12.4. The molecule has 44 heavy (non-hydrogen) atoms. The molecule has 0 spiro atoms. The van der Waals surface area contributed by atoms with Crippen molar-refractivity contribution in [2.45, 2.75) is 92.2 Å². The number of rotatable bonds is 6. The molecule has 0 aliphatic heterocycles. The van der Waals surface area contributed by atoms with E-state index in [9.17, 15) is 4.79 Å². The summed E-state index contributed by atoms with van der Waals surface area (Å²) in [7, 11) is 3.26. The van der Waals surface area contributed by atoms with Crippen LogP contribution in [0.3, 0.4) is 0 Å². The summed E-state index contributed by atoms with van der Waals surface area (Å²) in [5, 5.41) is 3.85. The van der Waals surface area contributed by atoms with Crippen LogP contribution in [-0.4, -0.2) is 30.9 Å². The zero-order valence-corrected chi connectivity index (χ0v) is 30.3. The number of aryl methyl sites for hydroxylation is 1. The van der Waals surface area contributed by atoms with Gasteiger partial charge >= 0.3 is 6.09 Å². The number of methoxy groups -OCH3 is 2. The fraction of sp³-hybridized carbons (Fsp3) is 0.429. The number of nitrogen functional groups attached to an aromatic ring is 1. The van der Waals surface area contributed by atoms with Crippen LogP contribution in [0.15, 0.2) is 65.6 Å². The van der Waals surface area contributed by atoms with Gasteiger partial charge in [-0.25, -0.2) is 9.78 Å². The third-order valence-electron chi connectivity index (χ3n) is 5.36. The maximum atomic E-state index is 12.4. The van der Waals surface area contributed by atoms with E-state index in [0.717, 1.165) is 37.2 Å². The molecule has 4 aromatic rings. The molecule has 3 N–H and O–H groups in total. The Balaban J connectivity index is 0.000000963. The number of amides is 1. The van der Waals surface area contributed by atoms with E-state index in [1.807, 2.05) is 86.6 Å². The summed E-state index contributed by atoms with van der Waals surface area (Å²) in [5.74, 6) is 1.57. The van der Waals surface area contributed by atoms with E-state index in [1.165, 1.54) is 5.56 Å². The highest BCUT2D eigenvalue weighted by molar-refractivity contribution is 7.80. The molecule has 0 saturated heterocycles. The molecule has 9 heteroatoms. The summed E-state index contributed by atoms with van der Waals surface area (Å²) in [6, 6.07) is 19.1. The van der Waals surface area contributed by atoms with Crippen molar-refractivity contribution in [2.75, 3.05) is 20.0 Å². The largest absolute Gasteiger partial charge is 0.497 e. The normalized spacial score (nSPS) is 10.6. The van der Waals surface area contributed by atoms with Crippen LogP contribution in [-0.2, 0) is 11.2 Å². The highest BCUT2D eigenvalue weighted by Gasteiger charge is 2.23. The molecule has 0 bridgehead atoms. The van der Waals surface area contributed by atoms with Crippen molar-refractivity contribution in [1.29, 1.82) is 0 Å². The SMILES string of the molecule is CC.CC.CC.COc1ccc(N)c(S)c1.COc1ccc2nc(C(Cc3cccc(C)c3)NC(=O)OC(C)(C)C)sc2c1. The third kappa shape index (κ3) is 14.4. The lowest BCUT2D eigenvalue weighted by atomic mass is 10.0. The van der Waals surface area contributed by atoms with Crippen molar-refractivity contribution >= 4 is 46.0 Å². The first-order valence-electron chi connectivity index (χ1n) is 15.1. The summed E-state index contributed by atoms with van der Waals surface area (Å²) in [6.07, 6.45) is 0.194. The van der Waals surface area contributed by atoms with Gasteiger partial charge in [0.25, 0.3) is 0 Å². The van der Waals surface area contributed by atoms with Crippen LogP contribution in [0.4, 0.5) is 10.5 Å². The van der Waals surface area contributed by atoms with Crippen LogP contribution in [0, 0.1) is 6.92 Å². The van der Waals surface area contributed by atoms with Gasteiger partial charge in [-0.1, -0.05) is 71.4 Å². The van der Waals surface area contributed by atoms with Gasteiger partial charge in [0.2, 0.25) is 0 Å². The van der Waals surface area contributed by atoms with Crippen LogP contribution in [0.25, 0.3) is 10.2 Å². The molecule has 0 aliphatic carbocycles. The number of carbonyl (C=O) groups excluding carboxylic acids is 1. The highest BCUT2D eigenvalue weighted by atomic mass is 32.1. The Kier molecular flexibility index (Phi) is 19.6. The molecule has 7 nitrogen and oxygen atoms in total. The first-order valence-corrected chi connectivity index (χ1v) is 16.4. The predicted molar refractivity (Wildman–Crippen MR) is 192 cm³/mol. The van der Waals surface area contributed by atoms with Gasteiger partial charge in [-0.2, -0.15) is 0 Å². The molecule has 1 heterocycles. The number of hydrogen-bond acceptors (Lipinski definition) is 8. The first-order chi connectivity index (χ1) is 21.0. The zero-order valence-electron chi connectivity index (χ0n) is 28.6. The Morgan fingerprint density at radius 3 is 2.07 bits per heavy atom. The number of nitrogens with one attached hydrogen (secondary N) is 1. The molecule has 1 atom stereocenters. The average Bonchev–Trinajstić information content (AvgIpc) is 3.44. The maximum Gasteiger partial charge on any atom is 0.408 e. The molecule has 0 fully saturated rings. The minimum absolute atomic E-state index is 0.278. The monoisotopic (exact) mass is 643 g/mol. The van der Waals surface area contributed by atoms with Crippen molar-refractivity contribution in [3.8, 4) is 11.5 Å². The fourth-order valence-corrected chi connectivity index (χ4v) is 4.82. The Labute approximate surface area is 274 Å². The highest BCUT2D eigenvalue weighted by Crippen LogP contribution is 2.31.